The summed E-state index contributed by atoms with van der Waals surface area (Å²) in [6.07, 6.45) is 6.75. The van der Waals surface area contributed by atoms with E-state index < -0.39 is 0 Å². The Labute approximate surface area is 128 Å². The highest BCUT2D eigenvalue weighted by Gasteiger charge is 2.45. The molecular weight excluding hydrogens is 264 g/mol. The fourth-order valence-electron chi connectivity index (χ4n) is 3.83. The summed E-state index contributed by atoms with van der Waals surface area (Å²) in [6, 6.07) is 0.211. The first kappa shape index (κ1) is 16.3. The molecule has 1 N–H and O–H groups in total. The number of hydrogen-bond acceptors (Lipinski definition) is 4. The minimum Gasteiger partial charge on any atom is -0.493 e. The van der Waals surface area contributed by atoms with Crippen molar-refractivity contribution in [1.82, 2.24) is 20.0 Å². The zero-order valence-corrected chi connectivity index (χ0v) is 14.3. The van der Waals surface area contributed by atoms with Gasteiger partial charge in [-0.2, -0.15) is 5.10 Å². The summed E-state index contributed by atoms with van der Waals surface area (Å²) in [5.41, 5.74) is 1.26. The number of methoxy groups -OCH3 is 1. The first-order valence-corrected chi connectivity index (χ1v) is 7.87. The Morgan fingerprint density at radius 3 is 2.52 bits per heavy atom. The minimum absolute atomic E-state index is 0.113. The van der Waals surface area contributed by atoms with Gasteiger partial charge in [0.05, 0.1) is 25.0 Å². The Morgan fingerprint density at radius 1 is 1.43 bits per heavy atom. The lowest BCUT2D eigenvalue weighted by Gasteiger charge is -2.49. The molecule has 1 heterocycles. The fraction of sp³-hybridized carbons (Fsp3) is 0.812. The van der Waals surface area contributed by atoms with Gasteiger partial charge in [0.2, 0.25) is 0 Å². The van der Waals surface area contributed by atoms with E-state index in [0.717, 1.165) is 17.4 Å². The van der Waals surface area contributed by atoms with Crippen LogP contribution in [0.2, 0.25) is 0 Å². The van der Waals surface area contributed by atoms with Crippen LogP contribution >= 0.6 is 0 Å². The molecule has 1 aliphatic carbocycles. The van der Waals surface area contributed by atoms with E-state index in [1.807, 2.05) is 25.0 Å². The van der Waals surface area contributed by atoms with Gasteiger partial charge in [-0.1, -0.05) is 6.92 Å². The predicted octanol–water partition coefficient (Wildman–Crippen LogP) is 2.20. The Balaban J connectivity index is 2.43. The van der Waals surface area contributed by atoms with Crippen LogP contribution in [0.25, 0.3) is 0 Å². The average Bonchev–Trinajstić information content (AvgIpc) is 2.83. The summed E-state index contributed by atoms with van der Waals surface area (Å²) < 4.78 is 7.49. The molecule has 0 aliphatic heterocycles. The van der Waals surface area contributed by atoms with Gasteiger partial charge in [0, 0.05) is 12.6 Å². The SMILES string of the molecule is CNC(c1c(OC)cnn1C)C1(N(C)C)CCC(C)CC1. The third-order valence-corrected chi connectivity index (χ3v) is 5.30. The smallest absolute Gasteiger partial charge is 0.161 e. The fourth-order valence-corrected chi connectivity index (χ4v) is 3.83. The van der Waals surface area contributed by atoms with Crippen LogP contribution in [0, 0.1) is 5.92 Å². The molecule has 1 aromatic rings. The molecule has 2 rings (SSSR count). The van der Waals surface area contributed by atoms with E-state index in [-0.39, 0.29) is 11.6 Å². The van der Waals surface area contributed by atoms with Crippen LogP contribution in [0.15, 0.2) is 6.20 Å². The Morgan fingerprint density at radius 2 is 2.05 bits per heavy atom. The second-order valence-electron chi connectivity index (χ2n) is 6.62. The van der Waals surface area contributed by atoms with Crippen molar-refractivity contribution < 1.29 is 4.74 Å². The van der Waals surface area contributed by atoms with Crippen molar-refractivity contribution in [2.45, 2.75) is 44.2 Å². The molecule has 1 fully saturated rings. The van der Waals surface area contributed by atoms with Crippen LogP contribution in [-0.2, 0) is 7.05 Å². The van der Waals surface area contributed by atoms with Crippen molar-refractivity contribution in [3.05, 3.63) is 11.9 Å². The van der Waals surface area contributed by atoms with Gasteiger partial charge in [0.25, 0.3) is 0 Å². The van der Waals surface area contributed by atoms with Crippen molar-refractivity contribution in [3.8, 4) is 5.75 Å². The summed E-state index contributed by atoms with van der Waals surface area (Å²) in [7, 11) is 10.2. The number of ether oxygens (including phenoxy) is 1. The number of aromatic nitrogens is 2. The molecule has 5 nitrogen and oxygen atoms in total. The van der Waals surface area contributed by atoms with Crippen molar-refractivity contribution >= 4 is 0 Å². The zero-order valence-electron chi connectivity index (χ0n) is 14.3. The molecule has 0 saturated heterocycles. The lowest BCUT2D eigenvalue weighted by molar-refractivity contribution is 0.0419. The van der Waals surface area contributed by atoms with E-state index in [9.17, 15) is 0 Å². The van der Waals surface area contributed by atoms with Gasteiger partial charge < -0.3 is 15.0 Å². The number of aryl methyl sites for hydroxylation is 1. The predicted molar refractivity (Wildman–Crippen MR) is 85.6 cm³/mol. The quantitative estimate of drug-likeness (QED) is 0.904. The Hall–Kier alpha value is -1.07. The van der Waals surface area contributed by atoms with Crippen LogP contribution in [0.1, 0.15) is 44.3 Å². The minimum atomic E-state index is 0.113. The van der Waals surface area contributed by atoms with Crippen molar-refractivity contribution in [2.75, 3.05) is 28.3 Å². The summed E-state index contributed by atoms with van der Waals surface area (Å²) in [6.45, 7) is 2.36. The summed E-state index contributed by atoms with van der Waals surface area (Å²) in [5, 5.41) is 7.93. The third-order valence-electron chi connectivity index (χ3n) is 5.30. The first-order valence-electron chi connectivity index (χ1n) is 7.87. The van der Waals surface area contributed by atoms with Crippen molar-refractivity contribution in [3.63, 3.8) is 0 Å². The van der Waals surface area contributed by atoms with Gasteiger partial charge in [-0.3, -0.25) is 4.68 Å². The van der Waals surface area contributed by atoms with Crippen molar-refractivity contribution in [2.24, 2.45) is 13.0 Å². The number of nitrogens with zero attached hydrogens (tertiary/aromatic N) is 3. The molecule has 21 heavy (non-hydrogen) atoms. The van der Waals surface area contributed by atoms with Gasteiger partial charge in [0.1, 0.15) is 0 Å². The van der Waals surface area contributed by atoms with Gasteiger partial charge in [-0.05, 0) is 52.7 Å². The van der Waals surface area contributed by atoms with Crippen LogP contribution in [0.5, 0.6) is 5.75 Å². The molecule has 1 aliphatic rings. The van der Waals surface area contributed by atoms with Gasteiger partial charge in [-0.25, -0.2) is 0 Å². The van der Waals surface area contributed by atoms with Gasteiger partial charge in [-0.15, -0.1) is 0 Å². The van der Waals surface area contributed by atoms with E-state index in [2.05, 4.69) is 36.3 Å². The lowest BCUT2D eigenvalue weighted by atomic mass is 9.71. The molecule has 1 saturated carbocycles. The topological polar surface area (TPSA) is 42.3 Å². The Bertz CT molecular complexity index is 461. The van der Waals surface area contributed by atoms with Crippen LogP contribution in [0.4, 0.5) is 0 Å². The second kappa shape index (κ2) is 6.36. The van der Waals surface area contributed by atoms with E-state index in [0.29, 0.717) is 0 Å². The third kappa shape index (κ3) is 2.81. The molecule has 0 amide bonds. The molecule has 0 radical (unpaired) electrons. The molecule has 1 unspecified atom stereocenters. The lowest BCUT2D eigenvalue weighted by Crippen LogP contribution is -2.55. The summed E-state index contributed by atoms with van der Waals surface area (Å²) in [5.74, 6) is 1.70. The first-order chi connectivity index (χ1) is 9.96. The van der Waals surface area contributed by atoms with E-state index in [1.165, 1.54) is 25.7 Å². The van der Waals surface area contributed by atoms with Gasteiger partial charge in [0.15, 0.2) is 5.75 Å². The average molecular weight is 294 g/mol. The number of likely N-dealkylation sites (N-methyl/N-ethyl adjacent to an activating group) is 2. The maximum absolute atomic E-state index is 5.54. The molecule has 120 valence electrons. The molecule has 1 aromatic heterocycles. The van der Waals surface area contributed by atoms with E-state index in [1.54, 1.807) is 7.11 Å². The zero-order chi connectivity index (χ0) is 15.6. The molecule has 0 aromatic carbocycles. The molecule has 1 atom stereocenters. The van der Waals surface area contributed by atoms with E-state index >= 15 is 0 Å². The van der Waals surface area contributed by atoms with Crippen molar-refractivity contribution in [1.29, 1.82) is 0 Å². The number of rotatable bonds is 5. The molecule has 0 spiro atoms. The maximum atomic E-state index is 5.54. The Kier molecular flexibility index (Phi) is 4.94. The van der Waals surface area contributed by atoms with Crippen LogP contribution < -0.4 is 10.1 Å². The summed E-state index contributed by atoms with van der Waals surface area (Å²) in [4.78, 5) is 2.40. The monoisotopic (exact) mass is 294 g/mol. The van der Waals surface area contributed by atoms with Gasteiger partial charge >= 0.3 is 0 Å². The maximum Gasteiger partial charge on any atom is 0.161 e. The summed E-state index contributed by atoms with van der Waals surface area (Å²) >= 11 is 0. The largest absolute Gasteiger partial charge is 0.493 e. The second-order valence-corrected chi connectivity index (χ2v) is 6.62. The van der Waals surface area contributed by atoms with E-state index in [4.69, 9.17) is 4.74 Å². The standard InChI is InChI=1S/C16H30N4O/c1-12-7-9-16(10-8-12,19(3)4)15(17-2)14-13(21-6)11-18-20(14)5/h11-12,15,17H,7-10H2,1-6H3. The number of nitrogens with one attached hydrogen (secondary N) is 1. The normalized spacial score (nSPS) is 27.9. The number of hydrogen-bond donors (Lipinski definition) is 1. The molecule has 0 bridgehead atoms. The van der Waals surface area contributed by atoms with Crippen LogP contribution in [-0.4, -0.2) is 48.5 Å². The highest BCUT2D eigenvalue weighted by Crippen LogP contribution is 2.45. The molecular formula is C16H30N4O. The highest BCUT2D eigenvalue weighted by molar-refractivity contribution is 5.31. The highest BCUT2D eigenvalue weighted by atomic mass is 16.5. The molecule has 5 heteroatoms. The van der Waals surface area contributed by atoms with Crippen LogP contribution in [0.3, 0.4) is 0 Å².